The van der Waals surface area contributed by atoms with E-state index in [2.05, 4.69) is 0 Å². The first-order chi connectivity index (χ1) is 6.23. The molecule has 1 N–H and O–H groups in total. The zero-order valence-corrected chi connectivity index (χ0v) is 7.74. The minimum Gasteiger partial charge on any atom is -0.331 e. The molecule has 0 spiro atoms. The molecular formula is C8H13F5O. The molecule has 1 unspecified atom stereocenters. The van der Waals surface area contributed by atoms with Gasteiger partial charge in [0.25, 0.3) is 0 Å². The summed E-state index contributed by atoms with van der Waals surface area (Å²) in [5, 5.41) is 7.75. The summed E-state index contributed by atoms with van der Waals surface area (Å²) in [5.74, 6) is -5.00. The van der Waals surface area contributed by atoms with Crippen LogP contribution >= 0.6 is 0 Å². The Kier molecular flexibility index (Phi) is 4.77. The van der Waals surface area contributed by atoms with Crippen molar-refractivity contribution in [2.24, 2.45) is 0 Å². The van der Waals surface area contributed by atoms with Crippen LogP contribution in [0.4, 0.5) is 22.0 Å². The Balaban J connectivity index is 4.15. The molecule has 0 rings (SSSR count). The Morgan fingerprint density at radius 1 is 1.14 bits per heavy atom. The third-order valence-electron chi connectivity index (χ3n) is 1.86. The molecule has 86 valence electrons. The minimum absolute atomic E-state index is 0.101. The zero-order chi connectivity index (χ0) is 11.4. The van der Waals surface area contributed by atoms with Crippen molar-refractivity contribution >= 4 is 0 Å². The molecule has 0 bridgehead atoms. The lowest BCUT2D eigenvalue weighted by molar-refractivity contribution is -0.342. The second kappa shape index (κ2) is 4.91. The number of aliphatic hydroxyl groups is 1. The van der Waals surface area contributed by atoms with Gasteiger partial charge in [0, 0.05) is 0 Å². The van der Waals surface area contributed by atoms with Crippen molar-refractivity contribution in [2.45, 2.75) is 50.8 Å². The molecule has 0 radical (unpaired) electrons. The second-order valence-corrected chi connectivity index (χ2v) is 3.13. The van der Waals surface area contributed by atoms with Crippen LogP contribution in [0.3, 0.4) is 0 Å². The molecule has 1 nitrogen and oxygen atoms in total. The van der Waals surface area contributed by atoms with Gasteiger partial charge in [-0.15, -0.1) is 0 Å². The molecule has 0 saturated carbocycles. The molecule has 6 heteroatoms. The Hall–Kier alpha value is -0.390. The molecule has 0 aromatic carbocycles. The monoisotopic (exact) mass is 220 g/mol. The predicted octanol–water partition coefficient (Wildman–Crippen LogP) is 3.13. The van der Waals surface area contributed by atoms with Crippen molar-refractivity contribution < 1.29 is 27.1 Å². The first-order valence-electron chi connectivity index (χ1n) is 4.35. The highest BCUT2D eigenvalue weighted by Crippen LogP contribution is 2.38. The zero-order valence-electron chi connectivity index (χ0n) is 7.74. The number of hydrogen-bond donors (Lipinski definition) is 1. The number of alkyl halides is 5. The molecule has 0 aliphatic heterocycles. The lowest BCUT2D eigenvalue weighted by atomic mass is 10.1. The topological polar surface area (TPSA) is 20.2 Å². The van der Waals surface area contributed by atoms with Crippen LogP contribution in [0.1, 0.15) is 32.6 Å². The number of halogens is 5. The maximum atomic E-state index is 12.6. The fourth-order valence-electron chi connectivity index (χ4n) is 0.943. The summed E-state index contributed by atoms with van der Waals surface area (Å²) in [6.07, 6.45) is -7.70. The molecular weight excluding hydrogens is 207 g/mol. The van der Waals surface area contributed by atoms with E-state index >= 15 is 0 Å². The smallest absolute Gasteiger partial charge is 0.331 e. The van der Waals surface area contributed by atoms with Crippen LogP contribution in [0.2, 0.25) is 0 Å². The van der Waals surface area contributed by atoms with E-state index < -0.39 is 24.6 Å². The van der Waals surface area contributed by atoms with E-state index in [0.29, 0.717) is 12.8 Å². The van der Waals surface area contributed by atoms with Gasteiger partial charge in [-0.25, -0.2) is 4.39 Å². The van der Waals surface area contributed by atoms with Crippen molar-refractivity contribution in [3.05, 3.63) is 0 Å². The quantitative estimate of drug-likeness (QED) is 0.538. The Morgan fingerprint density at radius 3 is 2.00 bits per heavy atom. The third kappa shape index (κ3) is 3.40. The molecule has 0 heterocycles. The molecule has 0 aromatic rings. The van der Waals surface area contributed by atoms with Crippen LogP contribution < -0.4 is 0 Å². The molecule has 0 aliphatic carbocycles. The van der Waals surface area contributed by atoms with Gasteiger partial charge in [-0.05, 0) is 6.42 Å². The van der Waals surface area contributed by atoms with E-state index in [9.17, 15) is 22.0 Å². The summed E-state index contributed by atoms with van der Waals surface area (Å²) in [7, 11) is 0. The summed E-state index contributed by atoms with van der Waals surface area (Å²) in [4.78, 5) is 0. The summed E-state index contributed by atoms with van der Waals surface area (Å²) < 4.78 is 61.0. The van der Waals surface area contributed by atoms with Gasteiger partial charge >= 0.3 is 12.0 Å². The molecule has 0 amide bonds. The van der Waals surface area contributed by atoms with Gasteiger partial charge in [0.2, 0.25) is 0 Å². The van der Waals surface area contributed by atoms with Gasteiger partial charge in [0.15, 0.2) is 6.17 Å². The van der Waals surface area contributed by atoms with E-state index in [1.165, 1.54) is 0 Å². The van der Waals surface area contributed by atoms with Crippen LogP contribution in [0.15, 0.2) is 0 Å². The predicted molar refractivity (Wildman–Crippen MR) is 41.2 cm³/mol. The van der Waals surface area contributed by atoms with E-state index in [-0.39, 0.29) is 6.42 Å². The van der Waals surface area contributed by atoms with Gasteiger partial charge in [0.05, 0.1) is 0 Å². The lowest BCUT2D eigenvalue weighted by Crippen LogP contribution is -2.47. The fourth-order valence-corrected chi connectivity index (χ4v) is 0.943. The van der Waals surface area contributed by atoms with Crippen molar-refractivity contribution in [1.29, 1.82) is 0 Å². The van der Waals surface area contributed by atoms with E-state index in [1.54, 1.807) is 6.92 Å². The van der Waals surface area contributed by atoms with E-state index in [0.717, 1.165) is 0 Å². The summed E-state index contributed by atoms with van der Waals surface area (Å²) >= 11 is 0. The maximum absolute atomic E-state index is 12.6. The van der Waals surface area contributed by atoms with Crippen molar-refractivity contribution in [3.8, 4) is 0 Å². The van der Waals surface area contributed by atoms with Gasteiger partial charge < -0.3 is 5.11 Å². The first-order valence-corrected chi connectivity index (χ1v) is 4.35. The lowest BCUT2D eigenvalue weighted by Gasteiger charge is -2.24. The maximum Gasteiger partial charge on any atom is 0.420 e. The summed E-state index contributed by atoms with van der Waals surface area (Å²) in [6.45, 7) is 1.77. The van der Waals surface area contributed by atoms with Gasteiger partial charge in [0.1, 0.15) is 0 Å². The standard InChI is InChI=1S/C8H13F5O/c1-2-3-4-5-6(9)7(10,11)8(12,13)14/h6,14H,2-5H2,1H3. The Bertz CT molecular complexity index is 166. The fraction of sp³-hybridized carbons (Fsp3) is 1.00. The minimum atomic E-state index is -5.29. The number of unbranched alkanes of at least 4 members (excludes halogenated alkanes) is 2. The molecule has 14 heavy (non-hydrogen) atoms. The normalized spacial score (nSPS) is 15.6. The Labute approximate surface area is 78.9 Å². The van der Waals surface area contributed by atoms with Crippen molar-refractivity contribution in [3.63, 3.8) is 0 Å². The molecule has 0 fully saturated rings. The van der Waals surface area contributed by atoms with Crippen molar-refractivity contribution in [2.75, 3.05) is 0 Å². The van der Waals surface area contributed by atoms with E-state index in [4.69, 9.17) is 5.11 Å². The van der Waals surface area contributed by atoms with Crippen LogP contribution in [0, 0.1) is 0 Å². The first kappa shape index (κ1) is 13.6. The highest BCUT2D eigenvalue weighted by Gasteiger charge is 2.60. The molecule has 0 aliphatic rings. The Morgan fingerprint density at radius 2 is 1.64 bits per heavy atom. The van der Waals surface area contributed by atoms with Crippen molar-refractivity contribution in [1.82, 2.24) is 0 Å². The second-order valence-electron chi connectivity index (χ2n) is 3.13. The number of rotatable bonds is 6. The summed E-state index contributed by atoms with van der Waals surface area (Å²) in [6, 6.07) is 0. The van der Waals surface area contributed by atoms with Crippen LogP contribution in [-0.4, -0.2) is 23.3 Å². The van der Waals surface area contributed by atoms with Gasteiger partial charge in [-0.2, -0.15) is 17.6 Å². The third-order valence-corrected chi connectivity index (χ3v) is 1.86. The molecule has 1 atom stereocenters. The summed E-state index contributed by atoms with van der Waals surface area (Å²) in [5.41, 5.74) is 0. The molecule has 0 saturated heterocycles. The van der Waals surface area contributed by atoms with E-state index in [1.807, 2.05) is 0 Å². The van der Waals surface area contributed by atoms with Gasteiger partial charge in [-0.1, -0.05) is 26.2 Å². The van der Waals surface area contributed by atoms with Crippen LogP contribution in [0.25, 0.3) is 0 Å². The average Bonchev–Trinajstić information content (AvgIpc) is 2.02. The largest absolute Gasteiger partial charge is 0.420 e. The highest BCUT2D eigenvalue weighted by atomic mass is 19.3. The van der Waals surface area contributed by atoms with Gasteiger partial charge in [-0.3, -0.25) is 0 Å². The highest BCUT2D eigenvalue weighted by molar-refractivity contribution is 4.83. The SMILES string of the molecule is CCCCCC(F)C(F)(F)C(O)(F)F. The van der Waals surface area contributed by atoms with Crippen LogP contribution in [-0.2, 0) is 0 Å². The average molecular weight is 220 g/mol. The van der Waals surface area contributed by atoms with Crippen LogP contribution in [0.5, 0.6) is 0 Å². The number of hydrogen-bond acceptors (Lipinski definition) is 1. The molecule has 0 aromatic heterocycles.